The normalized spacial score (nSPS) is 15.8. The first-order chi connectivity index (χ1) is 16.0. The third kappa shape index (κ3) is 5.29. The number of carbonyl (C=O) groups excluding carboxylic acids is 1. The van der Waals surface area contributed by atoms with Crippen LogP contribution in [0.15, 0.2) is 54.6 Å². The van der Waals surface area contributed by atoms with Gasteiger partial charge >= 0.3 is 0 Å². The molecule has 2 fully saturated rings. The molecule has 5 rings (SSSR count). The van der Waals surface area contributed by atoms with Crippen LogP contribution in [0.3, 0.4) is 0 Å². The molecule has 0 spiro atoms. The lowest BCUT2D eigenvalue weighted by Crippen LogP contribution is -2.32. The Bertz CT molecular complexity index is 1090. The van der Waals surface area contributed by atoms with Gasteiger partial charge in [-0.2, -0.15) is 5.10 Å². The summed E-state index contributed by atoms with van der Waals surface area (Å²) in [6.45, 7) is 6.25. The van der Waals surface area contributed by atoms with Crippen LogP contribution in [-0.2, 0) is 13.1 Å². The number of amides is 1. The lowest BCUT2D eigenvalue weighted by Gasteiger charge is -2.25. The van der Waals surface area contributed by atoms with E-state index in [1.54, 1.807) is 0 Å². The van der Waals surface area contributed by atoms with Crippen molar-refractivity contribution in [1.29, 1.82) is 0 Å². The van der Waals surface area contributed by atoms with Gasteiger partial charge < -0.3 is 9.64 Å². The van der Waals surface area contributed by atoms with Crippen molar-refractivity contribution >= 4 is 5.91 Å². The maximum atomic E-state index is 13.3. The van der Waals surface area contributed by atoms with Crippen LogP contribution < -0.4 is 4.74 Å². The van der Waals surface area contributed by atoms with Gasteiger partial charge in [0.2, 0.25) is 0 Å². The summed E-state index contributed by atoms with van der Waals surface area (Å²) >= 11 is 0. The van der Waals surface area contributed by atoms with E-state index in [1.807, 2.05) is 52.9 Å². The fourth-order valence-electron chi connectivity index (χ4n) is 4.44. The molecular weight excluding hydrogens is 410 g/mol. The predicted molar refractivity (Wildman–Crippen MR) is 129 cm³/mol. The molecule has 2 aliphatic carbocycles. The number of benzene rings is 2. The van der Waals surface area contributed by atoms with Crippen LogP contribution in [0.2, 0.25) is 0 Å². The molecule has 2 saturated carbocycles. The van der Waals surface area contributed by atoms with E-state index in [1.165, 1.54) is 19.3 Å². The van der Waals surface area contributed by atoms with Crippen LogP contribution in [0.1, 0.15) is 65.0 Å². The van der Waals surface area contributed by atoms with Gasteiger partial charge in [-0.1, -0.05) is 30.7 Å². The number of carbonyl (C=O) groups is 1. The SMILES string of the molecule is Cc1cc(C)n(Cc2ccc(C(=O)N(Cc3ccc(OCC4CCC4)cc3)C3CC3)cc2)n1. The lowest BCUT2D eigenvalue weighted by molar-refractivity contribution is 0.0730. The van der Waals surface area contributed by atoms with Gasteiger partial charge in [0, 0.05) is 23.8 Å². The van der Waals surface area contributed by atoms with Crippen LogP contribution in [-0.4, -0.2) is 33.2 Å². The fourth-order valence-corrected chi connectivity index (χ4v) is 4.44. The summed E-state index contributed by atoms with van der Waals surface area (Å²) in [7, 11) is 0. The Morgan fingerprint density at radius 2 is 1.70 bits per heavy atom. The Balaban J connectivity index is 1.22. The molecule has 3 aromatic rings. The molecule has 1 aromatic heterocycles. The molecule has 0 saturated heterocycles. The first kappa shape index (κ1) is 21.7. The van der Waals surface area contributed by atoms with E-state index >= 15 is 0 Å². The van der Waals surface area contributed by atoms with Gasteiger partial charge in [0.1, 0.15) is 5.75 Å². The van der Waals surface area contributed by atoms with E-state index in [0.717, 1.165) is 65.7 Å². The second-order valence-corrected chi connectivity index (χ2v) is 9.70. The summed E-state index contributed by atoms with van der Waals surface area (Å²) in [5.41, 5.74) is 5.21. The molecule has 0 radical (unpaired) electrons. The van der Waals surface area contributed by atoms with E-state index in [9.17, 15) is 4.79 Å². The minimum absolute atomic E-state index is 0.112. The standard InChI is InChI=1S/C28H33N3O2/c1-20-16-21(2)31(29-20)18-23-6-10-25(11-7-23)28(32)30(26-12-13-26)17-22-8-14-27(15-9-22)33-19-24-4-3-5-24/h6-11,14-16,24,26H,3-5,12-13,17-19H2,1-2H3. The fraction of sp³-hybridized carbons (Fsp3) is 0.429. The molecule has 2 aliphatic rings. The van der Waals surface area contributed by atoms with Gasteiger partial charge in [-0.15, -0.1) is 0 Å². The van der Waals surface area contributed by atoms with Crippen molar-refractivity contribution in [2.24, 2.45) is 5.92 Å². The van der Waals surface area contributed by atoms with Crippen molar-refractivity contribution in [1.82, 2.24) is 14.7 Å². The highest BCUT2D eigenvalue weighted by molar-refractivity contribution is 5.94. The highest BCUT2D eigenvalue weighted by atomic mass is 16.5. The Morgan fingerprint density at radius 3 is 2.27 bits per heavy atom. The molecule has 0 N–H and O–H groups in total. The van der Waals surface area contributed by atoms with Crippen LogP contribution in [0.25, 0.3) is 0 Å². The largest absolute Gasteiger partial charge is 0.493 e. The number of rotatable bonds is 9. The van der Waals surface area contributed by atoms with Crippen LogP contribution in [0, 0.1) is 19.8 Å². The van der Waals surface area contributed by atoms with Crippen molar-refractivity contribution in [3.05, 3.63) is 82.7 Å². The second-order valence-electron chi connectivity index (χ2n) is 9.70. The van der Waals surface area contributed by atoms with Gasteiger partial charge in [0.25, 0.3) is 5.91 Å². The zero-order valence-corrected chi connectivity index (χ0v) is 19.7. The van der Waals surface area contributed by atoms with Crippen LogP contribution in [0.4, 0.5) is 0 Å². The third-order valence-corrected chi connectivity index (χ3v) is 6.87. The highest BCUT2D eigenvalue weighted by Gasteiger charge is 2.33. The lowest BCUT2D eigenvalue weighted by atomic mass is 9.86. The van der Waals surface area contributed by atoms with Crippen molar-refractivity contribution in [2.45, 2.75) is 65.1 Å². The molecule has 0 aliphatic heterocycles. The van der Waals surface area contributed by atoms with Gasteiger partial charge in [0.05, 0.1) is 18.8 Å². The summed E-state index contributed by atoms with van der Waals surface area (Å²) in [5.74, 6) is 1.76. The van der Waals surface area contributed by atoms with E-state index in [-0.39, 0.29) is 5.91 Å². The summed E-state index contributed by atoms with van der Waals surface area (Å²) in [6, 6.07) is 18.7. The molecule has 1 heterocycles. The number of aromatic nitrogens is 2. The number of hydrogen-bond donors (Lipinski definition) is 0. The average Bonchev–Trinajstić information content (AvgIpc) is 3.57. The Labute approximate surface area is 196 Å². The Kier molecular flexibility index (Phi) is 6.21. The predicted octanol–water partition coefficient (Wildman–Crippen LogP) is 5.53. The first-order valence-electron chi connectivity index (χ1n) is 12.2. The minimum Gasteiger partial charge on any atom is -0.493 e. The Morgan fingerprint density at radius 1 is 1.00 bits per heavy atom. The quantitative estimate of drug-likeness (QED) is 0.437. The van der Waals surface area contributed by atoms with Crippen molar-refractivity contribution in [2.75, 3.05) is 6.61 Å². The first-order valence-corrected chi connectivity index (χ1v) is 12.2. The second kappa shape index (κ2) is 9.42. The number of nitrogens with zero attached hydrogens (tertiary/aromatic N) is 3. The van der Waals surface area contributed by atoms with Crippen LogP contribution >= 0.6 is 0 Å². The Hall–Kier alpha value is -3.08. The molecule has 5 nitrogen and oxygen atoms in total. The van der Waals surface area contributed by atoms with E-state index in [4.69, 9.17) is 4.74 Å². The van der Waals surface area contributed by atoms with Gasteiger partial charge in [0.15, 0.2) is 0 Å². The summed E-state index contributed by atoms with van der Waals surface area (Å²) in [6.07, 6.45) is 6.10. The molecule has 0 atom stereocenters. The molecule has 0 unspecified atom stereocenters. The zero-order chi connectivity index (χ0) is 22.8. The minimum atomic E-state index is 0.112. The zero-order valence-electron chi connectivity index (χ0n) is 19.7. The van der Waals surface area contributed by atoms with E-state index in [2.05, 4.69) is 30.2 Å². The molecule has 172 valence electrons. The molecule has 33 heavy (non-hydrogen) atoms. The maximum absolute atomic E-state index is 13.3. The van der Waals surface area contributed by atoms with Gasteiger partial charge in [-0.05, 0) is 86.9 Å². The molecule has 5 heteroatoms. The van der Waals surface area contributed by atoms with Crippen molar-refractivity contribution in [3.63, 3.8) is 0 Å². The van der Waals surface area contributed by atoms with E-state index < -0.39 is 0 Å². The topological polar surface area (TPSA) is 47.4 Å². The summed E-state index contributed by atoms with van der Waals surface area (Å²) < 4.78 is 7.92. The number of aryl methyl sites for hydroxylation is 2. The molecule has 0 bridgehead atoms. The van der Waals surface area contributed by atoms with Crippen molar-refractivity contribution < 1.29 is 9.53 Å². The molecular formula is C28H33N3O2. The molecule has 1 amide bonds. The number of ether oxygens (including phenoxy) is 1. The van der Waals surface area contributed by atoms with Gasteiger partial charge in [-0.3, -0.25) is 9.48 Å². The molecule has 2 aromatic carbocycles. The van der Waals surface area contributed by atoms with Crippen molar-refractivity contribution in [3.8, 4) is 5.75 Å². The maximum Gasteiger partial charge on any atom is 0.254 e. The average molecular weight is 444 g/mol. The van der Waals surface area contributed by atoms with Crippen LogP contribution in [0.5, 0.6) is 5.75 Å². The monoisotopic (exact) mass is 443 g/mol. The highest BCUT2D eigenvalue weighted by Crippen LogP contribution is 2.31. The third-order valence-electron chi connectivity index (χ3n) is 6.87. The summed E-state index contributed by atoms with van der Waals surface area (Å²) in [5, 5.41) is 4.54. The van der Waals surface area contributed by atoms with Gasteiger partial charge in [-0.25, -0.2) is 0 Å². The smallest absolute Gasteiger partial charge is 0.254 e. The van der Waals surface area contributed by atoms with E-state index in [0.29, 0.717) is 12.6 Å². The summed E-state index contributed by atoms with van der Waals surface area (Å²) in [4.78, 5) is 15.4. The number of hydrogen-bond acceptors (Lipinski definition) is 3.